The molecule has 2 rings (SSSR count). The molecular formula is C15H27N3. The fourth-order valence-electron chi connectivity index (χ4n) is 2.99. The van der Waals surface area contributed by atoms with Crippen LogP contribution in [0.4, 0.5) is 0 Å². The molecule has 0 unspecified atom stereocenters. The van der Waals surface area contributed by atoms with Gasteiger partial charge in [-0.2, -0.15) is 0 Å². The summed E-state index contributed by atoms with van der Waals surface area (Å²) in [7, 11) is 0. The Kier molecular flexibility index (Phi) is 5.24. The van der Waals surface area contributed by atoms with Crippen molar-refractivity contribution in [3.05, 3.63) is 18.2 Å². The first-order valence-electron chi connectivity index (χ1n) is 7.47. The Morgan fingerprint density at radius 2 is 2.22 bits per heavy atom. The topological polar surface area (TPSA) is 29.9 Å². The Hall–Kier alpha value is -0.830. The number of hydrogen-bond acceptors (Lipinski definition) is 2. The third-order valence-corrected chi connectivity index (χ3v) is 4.15. The number of rotatable bonds is 7. The summed E-state index contributed by atoms with van der Waals surface area (Å²) < 4.78 is 2.22. The first-order valence-corrected chi connectivity index (χ1v) is 7.47. The van der Waals surface area contributed by atoms with Crippen LogP contribution in [-0.2, 0) is 6.54 Å². The molecule has 3 nitrogen and oxygen atoms in total. The van der Waals surface area contributed by atoms with Crippen LogP contribution in [0.5, 0.6) is 0 Å². The van der Waals surface area contributed by atoms with E-state index in [1.807, 2.05) is 6.20 Å². The van der Waals surface area contributed by atoms with E-state index in [4.69, 9.17) is 0 Å². The van der Waals surface area contributed by atoms with Gasteiger partial charge in [-0.15, -0.1) is 0 Å². The van der Waals surface area contributed by atoms with Crippen molar-refractivity contribution in [1.29, 1.82) is 0 Å². The third-order valence-electron chi connectivity index (χ3n) is 4.15. The Morgan fingerprint density at radius 3 is 2.89 bits per heavy atom. The second-order valence-electron chi connectivity index (χ2n) is 5.77. The van der Waals surface area contributed by atoms with E-state index in [0.717, 1.165) is 24.8 Å². The summed E-state index contributed by atoms with van der Waals surface area (Å²) in [6.45, 7) is 6.50. The zero-order valence-corrected chi connectivity index (χ0v) is 11.9. The molecule has 1 heterocycles. The number of aromatic nitrogens is 2. The van der Waals surface area contributed by atoms with E-state index < -0.39 is 0 Å². The van der Waals surface area contributed by atoms with Gasteiger partial charge in [0.25, 0.3) is 0 Å². The number of hydrogen-bond donors (Lipinski definition) is 1. The number of imidazole rings is 1. The van der Waals surface area contributed by atoms with Crippen LogP contribution in [0.15, 0.2) is 12.4 Å². The summed E-state index contributed by atoms with van der Waals surface area (Å²) in [5.74, 6) is 2.13. The molecule has 0 aliphatic heterocycles. The maximum atomic E-state index is 4.25. The minimum absolute atomic E-state index is 0.529. The van der Waals surface area contributed by atoms with Crippen LogP contribution in [0.1, 0.15) is 51.3 Å². The van der Waals surface area contributed by atoms with Crippen molar-refractivity contribution in [3.63, 3.8) is 0 Å². The Balaban J connectivity index is 1.57. The van der Waals surface area contributed by atoms with E-state index in [9.17, 15) is 0 Å². The Morgan fingerprint density at radius 1 is 1.44 bits per heavy atom. The van der Waals surface area contributed by atoms with Crippen molar-refractivity contribution in [3.8, 4) is 0 Å². The molecule has 0 saturated heterocycles. The van der Waals surface area contributed by atoms with Crippen molar-refractivity contribution in [2.24, 2.45) is 5.92 Å². The van der Waals surface area contributed by atoms with Crippen LogP contribution in [0.25, 0.3) is 0 Å². The lowest BCUT2D eigenvalue weighted by molar-refractivity contribution is 0.430. The maximum Gasteiger partial charge on any atom is 0.105 e. The lowest BCUT2D eigenvalue weighted by Gasteiger charge is -2.16. The summed E-state index contributed by atoms with van der Waals surface area (Å²) in [4.78, 5) is 4.25. The molecule has 1 saturated carbocycles. The molecule has 3 heteroatoms. The zero-order valence-electron chi connectivity index (χ0n) is 11.9. The zero-order chi connectivity index (χ0) is 12.8. The third kappa shape index (κ3) is 4.13. The van der Waals surface area contributed by atoms with Crippen molar-refractivity contribution in [2.45, 2.75) is 65.0 Å². The van der Waals surface area contributed by atoms with Crippen LogP contribution in [0.2, 0.25) is 0 Å². The van der Waals surface area contributed by atoms with E-state index in [1.54, 1.807) is 0 Å². The van der Waals surface area contributed by atoms with Crippen molar-refractivity contribution < 1.29 is 0 Å². The molecule has 1 aromatic rings. The summed E-state index contributed by atoms with van der Waals surface area (Å²) >= 11 is 0. The summed E-state index contributed by atoms with van der Waals surface area (Å²) in [5, 5.41) is 3.62. The molecule has 0 bridgehead atoms. The highest BCUT2D eigenvalue weighted by atomic mass is 15.1. The molecule has 1 aliphatic rings. The smallest absolute Gasteiger partial charge is 0.105 e. The minimum atomic E-state index is 0.529. The molecule has 0 spiro atoms. The van der Waals surface area contributed by atoms with E-state index in [-0.39, 0.29) is 0 Å². The van der Waals surface area contributed by atoms with Crippen LogP contribution in [0, 0.1) is 12.8 Å². The first kappa shape index (κ1) is 13.6. The number of aryl methyl sites for hydroxylation is 1. The van der Waals surface area contributed by atoms with E-state index in [0.29, 0.717) is 6.04 Å². The summed E-state index contributed by atoms with van der Waals surface area (Å²) in [6.07, 6.45) is 12.6. The second kappa shape index (κ2) is 6.93. The average Bonchev–Trinajstić information content (AvgIpc) is 2.98. The normalized spacial score (nSPS) is 18.3. The fourth-order valence-corrected chi connectivity index (χ4v) is 2.99. The Labute approximate surface area is 111 Å². The highest BCUT2D eigenvalue weighted by molar-refractivity contribution is 4.89. The predicted molar refractivity (Wildman–Crippen MR) is 75.6 cm³/mol. The molecule has 1 aliphatic carbocycles. The molecular weight excluding hydrogens is 222 g/mol. The molecule has 1 fully saturated rings. The van der Waals surface area contributed by atoms with Gasteiger partial charge in [0.2, 0.25) is 0 Å². The Bertz CT molecular complexity index is 339. The van der Waals surface area contributed by atoms with Gasteiger partial charge in [0.1, 0.15) is 5.82 Å². The van der Waals surface area contributed by atoms with Crippen LogP contribution in [-0.4, -0.2) is 22.1 Å². The molecule has 1 aromatic heterocycles. The monoisotopic (exact) mass is 249 g/mol. The summed E-state index contributed by atoms with van der Waals surface area (Å²) in [6, 6.07) is 0.529. The van der Waals surface area contributed by atoms with Gasteiger partial charge in [-0.1, -0.05) is 25.7 Å². The van der Waals surface area contributed by atoms with Crippen molar-refractivity contribution in [1.82, 2.24) is 14.9 Å². The van der Waals surface area contributed by atoms with Crippen molar-refractivity contribution in [2.75, 3.05) is 6.54 Å². The van der Waals surface area contributed by atoms with Gasteiger partial charge in [-0.05, 0) is 39.2 Å². The van der Waals surface area contributed by atoms with Gasteiger partial charge in [-0.3, -0.25) is 0 Å². The molecule has 1 N–H and O–H groups in total. The van der Waals surface area contributed by atoms with Gasteiger partial charge in [0.15, 0.2) is 0 Å². The lowest BCUT2D eigenvalue weighted by Crippen LogP contribution is -2.31. The van der Waals surface area contributed by atoms with E-state index in [2.05, 4.69) is 34.9 Å². The molecule has 1 atom stereocenters. The van der Waals surface area contributed by atoms with Crippen LogP contribution in [0.3, 0.4) is 0 Å². The van der Waals surface area contributed by atoms with Crippen LogP contribution < -0.4 is 5.32 Å². The van der Waals surface area contributed by atoms with Crippen LogP contribution >= 0.6 is 0 Å². The summed E-state index contributed by atoms with van der Waals surface area (Å²) in [5.41, 5.74) is 0. The quantitative estimate of drug-likeness (QED) is 0.752. The van der Waals surface area contributed by atoms with Gasteiger partial charge in [-0.25, -0.2) is 4.98 Å². The first-order chi connectivity index (χ1) is 8.75. The molecule has 0 radical (unpaired) electrons. The van der Waals surface area contributed by atoms with E-state index in [1.165, 1.54) is 38.5 Å². The second-order valence-corrected chi connectivity index (χ2v) is 5.77. The molecule has 0 amide bonds. The van der Waals surface area contributed by atoms with Gasteiger partial charge in [0.05, 0.1) is 0 Å². The maximum absolute atomic E-state index is 4.25. The molecule has 18 heavy (non-hydrogen) atoms. The SMILES string of the molecule is Cc1nccn1C[C@H](C)NCCCC1CCCC1. The highest BCUT2D eigenvalue weighted by Crippen LogP contribution is 2.28. The average molecular weight is 249 g/mol. The number of nitrogens with zero attached hydrogens (tertiary/aromatic N) is 2. The highest BCUT2D eigenvalue weighted by Gasteiger charge is 2.14. The standard InChI is InChI=1S/C15H27N3/c1-13(12-18-11-10-17-14(18)2)16-9-5-8-15-6-3-4-7-15/h10-11,13,15-16H,3-9,12H2,1-2H3/t13-/m0/s1. The minimum Gasteiger partial charge on any atom is -0.334 e. The van der Waals surface area contributed by atoms with E-state index >= 15 is 0 Å². The lowest BCUT2D eigenvalue weighted by atomic mass is 10.0. The molecule has 0 aromatic carbocycles. The largest absolute Gasteiger partial charge is 0.334 e. The number of nitrogens with one attached hydrogen (secondary N) is 1. The predicted octanol–water partition coefficient (Wildman–Crippen LogP) is 3.14. The van der Waals surface area contributed by atoms with Crippen molar-refractivity contribution >= 4 is 0 Å². The van der Waals surface area contributed by atoms with Gasteiger partial charge in [0, 0.05) is 25.0 Å². The fraction of sp³-hybridized carbons (Fsp3) is 0.800. The van der Waals surface area contributed by atoms with Gasteiger partial charge >= 0.3 is 0 Å². The molecule has 102 valence electrons. The van der Waals surface area contributed by atoms with Gasteiger partial charge < -0.3 is 9.88 Å².